The van der Waals surface area contributed by atoms with E-state index in [-0.39, 0.29) is 18.1 Å². The fraction of sp³-hybridized carbons (Fsp3) is 0.438. The van der Waals surface area contributed by atoms with E-state index in [4.69, 9.17) is 4.74 Å². The second kappa shape index (κ2) is 7.13. The zero-order chi connectivity index (χ0) is 15.2. The van der Waals surface area contributed by atoms with Gasteiger partial charge in [-0.05, 0) is 24.7 Å². The van der Waals surface area contributed by atoms with Crippen molar-refractivity contribution >= 4 is 11.5 Å². The summed E-state index contributed by atoms with van der Waals surface area (Å²) in [4.78, 5) is 22.2. The lowest BCUT2D eigenvalue weighted by atomic mass is 9.85. The quantitative estimate of drug-likeness (QED) is 0.348. The van der Waals surface area contributed by atoms with Crippen LogP contribution in [-0.4, -0.2) is 23.9 Å². The number of hydrogen-bond acceptors (Lipinski definition) is 4. The summed E-state index contributed by atoms with van der Waals surface area (Å²) < 4.78 is 5.51. The van der Waals surface area contributed by atoms with Crippen molar-refractivity contribution in [3.8, 4) is 0 Å². The van der Waals surface area contributed by atoms with Crippen LogP contribution in [0.25, 0.3) is 0 Å². The van der Waals surface area contributed by atoms with Crippen LogP contribution in [0.4, 0.5) is 5.69 Å². The van der Waals surface area contributed by atoms with Gasteiger partial charge in [0.2, 0.25) is 0 Å². The van der Waals surface area contributed by atoms with Crippen LogP contribution < -0.4 is 0 Å². The smallest absolute Gasteiger partial charge is 0.270 e. The number of carbonyl (C=O) groups is 1. The molecule has 21 heavy (non-hydrogen) atoms. The first-order valence-electron chi connectivity index (χ1n) is 7.08. The van der Waals surface area contributed by atoms with E-state index in [1.165, 1.54) is 18.2 Å². The summed E-state index contributed by atoms with van der Waals surface area (Å²) in [5.41, 5.74) is 0.243. The van der Waals surface area contributed by atoms with E-state index >= 15 is 0 Å². The van der Waals surface area contributed by atoms with Crippen LogP contribution in [-0.2, 0) is 4.74 Å². The first-order valence-corrected chi connectivity index (χ1v) is 7.08. The lowest BCUT2D eigenvalue weighted by molar-refractivity contribution is -0.384. The van der Waals surface area contributed by atoms with Crippen LogP contribution in [0.15, 0.2) is 36.4 Å². The highest BCUT2D eigenvalue weighted by Gasteiger charge is 2.19. The zero-order valence-electron chi connectivity index (χ0n) is 12.0. The lowest BCUT2D eigenvalue weighted by Gasteiger charge is -2.24. The number of allylic oxidation sites excluding steroid dienone is 2. The van der Waals surface area contributed by atoms with Crippen LogP contribution >= 0.6 is 0 Å². The Morgan fingerprint density at radius 3 is 2.86 bits per heavy atom. The topological polar surface area (TPSA) is 69.4 Å². The van der Waals surface area contributed by atoms with Crippen molar-refractivity contribution in [1.82, 2.24) is 0 Å². The number of ether oxygens (including phenoxy) is 1. The standard InChI is InChI=1S/C16H19NO4/c1-12-5-2-3-6-14(12)10-21-11-16(18)13-7-4-8-15(9-13)17(19)20/h2-4,7-9,12,14H,5-6,10-11H2,1H3. The summed E-state index contributed by atoms with van der Waals surface area (Å²) in [6.45, 7) is 2.69. The zero-order valence-corrected chi connectivity index (χ0v) is 12.0. The van der Waals surface area contributed by atoms with Crippen molar-refractivity contribution in [1.29, 1.82) is 0 Å². The first-order chi connectivity index (χ1) is 10.1. The number of benzene rings is 1. The Kier molecular flexibility index (Phi) is 5.22. The number of nitro benzene ring substituents is 1. The minimum atomic E-state index is -0.506. The van der Waals surface area contributed by atoms with Gasteiger partial charge < -0.3 is 4.74 Å². The Morgan fingerprint density at radius 2 is 2.14 bits per heavy atom. The number of hydrogen-bond donors (Lipinski definition) is 0. The molecule has 0 amide bonds. The van der Waals surface area contributed by atoms with Crippen molar-refractivity contribution in [2.24, 2.45) is 11.8 Å². The predicted octanol–water partition coefficient (Wildman–Crippen LogP) is 3.40. The summed E-state index contributed by atoms with van der Waals surface area (Å²) in [6, 6.07) is 5.75. The van der Waals surface area contributed by atoms with Gasteiger partial charge in [-0.25, -0.2) is 0 Å². The van der Waals surface area contributed by atoms with Gasteiger partial charge in [-0.15, -0.1) is 0 Å². The summed E-state index contributed by atoms with van der Waals surface area (Å²) in [7, 11) is 0. The van der Waals surface area contributed by atoms with Crippen LogP contribution in [0.1, 0.15) is 30.1 Å². The molecule has 0 fully saturated rings. The number of rotatable bonds is 6. The molecular weight excluding hydrogens is 270 g/mol. The molecule has 112 valence electrons. The van der Waals surface area contributed by atoms with E-state index in [2.05, 4.69) is 19.1 Å². The van der Waals surface area contributed by atoms with Crippen LogP contribution in [0.2, 0.25) is 0 Å². The van der Waals surface area contributed by atoms with Gasteiger partial charge in [0.1, 0.15) is 6.61 Å². The van der Waals surface area contributed by atoms with Crippen molar-refractivity contribution in [3.63, 3.8) is 0 Å². The van der Waals surface area contributed by atoms with E-state index < -0.39 is 4.92 Å². The number of Topliss-reactive ketones (excluding diaryl/α,β-unsaturated/α-hetero) is 1. The van der Waals surface area contributed by atoms with E-state index in [0.717, 1.165) is 12.8 Å². The highest BCUT2D eigenvalue weighted by Crippen LogP contribution is 2.25. The molecule has 1 aromatic rings. The molecule has 0 aromatic heterocycles. The van der Waals surface area contributed by atoms with E-state index in [1.54, 1.807) is 6.07 Å². The molecule has 2 atom stereocenters. The largest absolute Gasteiger partial charge is 0.373 e. The van der Waals surface area contributed by atoms with Crippen molar-refractivity contribution in [2.45, 2.75) is 19.8 Å². The molecule has 1 aliphatic carbocycles. The summed E-state index contributed by atoms with van der Waals surface area (Å²) in [6.07, 6.45) is 6.35. The Hall–Kier alpha value is -2.01. The Bertz CT molecular complexity index is 553. The highest BCUT2D eigenvalue weighted by molar-refractivity contribution is 5.97. The number of nitro groups is 1. The third kappa shape index (κ3) is 4.23. The second-order valence-corrected chi connectivity index (χ2v) is 5.43. The fourth-order valence-electron chi connectivity index (χ4n) is 2.42. The third-order valence-corrected chi connectivity index (χ3v) is 3.86. The second-order valence-electron chi connectivity index (χ2n) is 5.43. The molecule has 5 heteroatoms. The van der Waals surface area contributed by atoms with Crippen LogP contribution in [0.5, 0.6) is 0 Å². The Labute approximate surface area is 123 Å². The maximum Gasteiger partial charge on any atom is 0.270 e. The SMILES string of the molecule is CC1CC=CCC1COCC(=O)c1cccc([N+](=O)[O-])c1. The average molecular weight is 289 g/mol. The number of nitrogens with zero attached hydrogens (tertiary/aromatic N) is 1. The molecule has 2 rings (SSSR count). The number of non-ortho nitro benzene ring substituents is 1. The van der Waals surface area contributed by atoms with Crippen LogP contribution in [0, 0.1) is 22.0 Å². The monoisotopic (exact) mass is 289 g/mol. The molecule has 0 N–H and O–H groups in total. The van der Waals surface area contributed by atoms with Crippen molar-refractivity contribution < 1.29 is 14.5 Å². The molecule has 5 nitrogen and oxygen atoms in total. The molecule has 1 aromatic carbocycles. The summed E-state index contributed by atoms with van der Waals surface area (Å²) in [5.74, 6) is 0.772. The minimum Gasteiger partial charge on any atom is -0.373 e. The molecule has 0 saturated heterocycles. The maximum absolute atomic E-state index is 12.0. The fourth-order valence-corrected chi connectivity index (χ4v) is 2.42. The number of carbonyl (C=O) groups excluding carboxylic acids is 1. The molecule has 0 heterocycles. The number of ketones is 1. The van der Waals surface area contributed by atoms with Gasteiger partial charge in [0.15, 0.2) is 5.78 Å². The molecule has 1 aliphatic rings. The molecule has 2 unspecified atom stereocenters. The van der Waals surface area contributed by atoms with Crippen LogP contribution in [0.3, 0.4) is 0 Å². The Balaban J connectivity index is 1.86. The van der Waals surface area contributed by atoms with Gasteiger partial charge in [-0.1, -0.05) is 31.2 Å². The van der Waals surface area contributed by atoms with E-state index in [9.17, 15) is 14.9 Å². The summed E-state index contributed by atoms with van der Waals surface area (Å²) >= 11 is 0. The van der Waals surface area contributed by atoms with Crippen molar-refractivity contribution in [3.05, 3.63) is 52.1 Å². The molecule has 0 bridgehead atoms. The van der Waals surface area contributed by atoms with E-state index in [0.29, 0.717) is 24.0 Å². The molecule has 0 radical (unpaired) electrons. The summed E-state index contributed by atoms with van der Waals surface area (Å²) in [5, 5.41) is 10.7. The maximum atomic E-state index is 12.0. The van der Waals surface area contributed by atoms with Gasteiger partial charge in [0.25, 0.3) is 5.69 Å². The predicted molar refractivity (Wildman–Crippen MR) is 79.3 cm³/mol. The molecular formula is C16H19NO4. The first kappa shape index (κ1) is 15.4. The molecule has 0 spiro atoms. The van der Waals surface area contributed by atoms with E-state index in [1.807, 2.05) is 0 Å². The average Bonchev–Trinajstić information content (AvgIpc) is 2.49. The van der Waals surface area contributed by atoms with Gasteiger partial charge >= 0.3 is 0 Å². The van der Waals surface area contributed by atoms with Gasteiger partial charge in [0, 0.05) is 17.7 Å². The molecule has 0 saturated carbocycles. The lowest BCUT2D eigenvalue weighted by Crippen LogP contribution is -2.21. The van der Waals surface area contributed by atoms with Gasteiger partial charge in [-0.3, -0.25) is 14.9 Å². The highest BCUT2D eigenvalue weighted by atomic mass is 16.6. The Morgan fingerprint density at radius 1 is 1.38 bits per heavy atom. The normalized spacial score (nSPS) is 21.2. The minimum absolute atomic E-state index is 0.0336. The van der Waals surface area contributed by atoms with Crippen molar-refractivity contribution in [2.75, 3.05) is 13.2 Å². The van der Waals surface area contributed by atoms with Gasteiger partial charge in [0.05, 0.1) is 11.5 Å². The van der Waals surface area contributed by atoms with Gasteiger partial charge in [-0.2, -0.15) is 0 Å². The molecule has 0 aliphatic heterocycles. The third-order valence-electron chi connectivity index (χ3n) is 3.86.